The average molecular weight is 1520 g/mol. The summed E-state index contributed by atoms with van der Waals surface area (Å²) in [4.78, 5) is 97.4. The number of methoxy groups -OCH3 is 4. The monoisotopic (exact) mass is 1520 g/mol. The van der Waals surface area contributed by atoms with Crippen LogP contribution in [-0.2, 0) is 95.3 Å². The molecule has 11 rings (SSSR count). The van der Waals surface area contributed by atoms with Gasteiger partial charge in [-0.3, -0.25) is 0 Å². The number of esters is 4. The Balaban J connectivity index is 0.0000122. The number of ether oxygens (including phenoxy) is 18. The number of carbonyl (C=O) groups is 4. The summed E-state index contributed by atoms with van der Waals surface area (Å²) in [6, 6.07) is 33.8. The van der Waals surface area contributed by atoms with Crippen molar-refractivity contribution in [3.05, 3.63) is 144 Å². The predicted octanol–water partition coefficient (Wildman–Crippen LogP) is 9.06. The second-order valence-electron chi connectivity index (χ2n) is 23.1. The third-order valence-electron chi connectivity index (χ3n) is 15.8. The predicted molar refractivity (Wildman–Crippen MR) is 382 cm³/mol. The van der Waals surface area contributed by atoms with Crippen molar-refractivity contribution >= 4 is 68.0 Å². The summed E-state index contributed by atoms with van der Waals surface area (Å²) >= 11 is 0. The van der Waals surface area contributed by atoms with E-state index in [2.05, 4.69) is 0 Å². The topological polar surface area (TPSA) is 340 Å². The Hall–Kier alpha value is -9.70. The van der Waals surface area contributed by atoms with E-state index in [0.29, 0.717) is 109 Å². The molecule has 30 nitrogen and oxygen atoms in total. The van der Waals surface area contributed by atoms with Gasteiger partial charge in [0.25, 0.3) is 0 Å². The van der Waals surface area contributed by atoms with E-state index in [1.54, 1.807) is 40.6 Å². The molecule has 2 aliphatic heterocycles. The van der Waals surface area contributed by atoms with E-state index in [-0.39, 0.29) is 193 Å². The van der Waals surface area contributed by atoms with Crippen LogP contribution in [0.3, 0.4) is 0 Å². The fraction of sp³-hybridized carbons (Fsp3) is 0.368. The third kappa shape index (κ3) is 22.5. The summed E-state index contributed by atoms with van der Waals surface area (Å²) in [6.07, 6.45) is 0. The van der Waals surface area contributed by atoms with Gasteiger partial charge in [-0.25, -0.2) is 29.1 Å². The molecule has 5 heterocycles. The molecule has 0 atom stereocenters. The second kappa shape index (κ2) is 42.0. The molecule has 107 heavy (non-hydrogen) atoms. The number of hydrogen-bond acceptors (Lipinski definition) is 28. The van der Waals surface area contributed by atoms with E-state index in [4.69, 9.17) is 125 Å². The van der Waals surface area contributed by atoms with Gasteiger partial charge in [0.15, 0.2) is 11.5 Å². The van der Waals surface area contributed by atoms with Crippen LogP contribution >= 0.6 is 0 Å². The zero-order valence-electron chi connectivity index (χ0n) is 59.8. The summed E-state index contributed by atoms with van der Waals surface area (Å²) in [5.74, 6) is -2.65. The van der Waals surface area contributed by atoms with Crippen LogP contribution in [0.4, 0.5) is 0 Å². The Kier molecular flexibility index (Phi) is 31.4. The number of carbonyl (C=O) groups excluding carboxylic acids is 4. The zero-order valence-corrected chi connectivity index (χ0v) is 62.8. The summed E-state index contributed by atoms with van der Waals surface area (Å²) in [6.45, 7) is 4.51. The molecule has 8 bridgehead atoms. The third-order valence-corrected chi connectivity index (χ3v) is 15.8. The molecule has 31 heteroatoms. The minimum Gasteiger partial charge on any atom is -0.460 e. The van der Waals surface area contributed by atoms with Crippen molar-refractivity contribution < 1.29 is 124 Å². The van der Waals surface area contributed by atoms with Gasteiger partial charge in [-0.1, -0.05) is 72.8 Å². The van der Waals surface area contributed by atoms with Gasteiger partial charge in [-0.2, -0.15) is 0 Å². The van der Waals surface area contributed by atoms with Gasteiger partial charge in [0.05, 0.1) is 178 Å². The molecular weight excluding hydrogens is 1440 g/mol. The van der Waals surface area contributed by atoms with Gasteiger partial charge >= 0.3 is 43.4 Å². The first-order chi connectivity index (χ1) is 52.1. The summed E-state index contributed by atoms with van der Waals surface area (Å²) in [7, 11) is 6.29. The van der Waals surface area contributed by atoms with Crippen molar-refractivity contribution in [3.63, 3.8) is 0 Å². The largest absolute Gasteiger partial charge is 2.00 e. The first-order valence-corrected chi connectivity index (χ1v) is 34.2. The molecule has 0 spiro atoms. The van der Waals surface area contributed by atoms with Crippen LogP contribution in [0, 0.1) is 0 Å². The molecule has 3 aromatic heterocycles. The summed E-state index contributed by atoms with van der Waals surface area (Å²) < 4.78 is 101. The zero-order chi connectivity index (χ0) is 73.7. The quantitative estimate of drug-likeness (QED) is 0.0149. The van der Waals surface area contributed by atoms with Gasteiger partial charge in [0.1, 0.15) is 37.9 Å². The first kappa shape index (κ1) is 79.9. The number of benzene rings is 6. The molecule has 0 saturated carbocycles. The Morgan fingerprint density at radius 3 is 0.776 bits per heavy atom. The van der Waals surface area contributed by atoms with Gasteiger partial charge in [-0.15, -0.1) is 0 Å². The van der Waals surface area contributed by atoms with Crippen LogP contribution in [-0.4, -0.2) is 241 Å². The maximum absolute atomic E-state index is 14.2. The Bertz CT molecular complexity index is 4250. The van der Waals surface area contributed by atoms with E-state index >= 15 is 0 Å². The number of nitrogens with zero attached hydrogens (tertiary/aromatic N) is 8. The number of hydrogen-bond donors (Lipinski definition) is 0. The van der Waals surface area contributed by atoms with E-state index in [9.17, 15) is 19.2 Å². The number of fused-ring (bicyclic) bond motifs is 20. The van der Waals surface area contributed by atoms with Crippen molar-refractivity contribution in [2.75, 3.05) is 187 Å². The van der Waals surface area contributed by atoms with Crippen molar-refractivity contribution in [2.45, 2.75) is 0 Å². The van der Waals surface area contributed by atoms with Gasteiger partial charge in [0.2, 0.25) is 0 Å². The molecule has 0 saturated heterocycles. The smallest absolute Gasteiger partial charge is 0.460 e. The van der Waals surface area contributed by atoms with Gasteiger partial charge in [0, 0.05) is 73.3 Å². The van der Waals surface area contributed by atoms with E-state index in [1.165, 1.54) is 36.4 Å². The Labute approximate surface area is 627 Å². The molecule has 0 fully saturated rings. The number of rotatable bonds is 44. The van der Waals surface area contributed by atoms with Crippen molar-refractivity contribution in [2.24, 2.45) is 0 Å². The maximum atomic E-state index is 14.2. The van der Waals surface area contributed by atoms with Crippen LogP contribution in [0.5, 0.6) is 23.0 Å². The molecule has 558 valence electrons. The average Bonchev–Trinajstić information content (AvgIpc) is 1.56. The standard InChI is InChI=1S/C76H80N8O22.Zn/c1-89-17-21-93-25-29-97-33-37-101-73(85)49-41-50(74(86)102-38-34-98-30-26-94-22-18-90-2)44-53(43-49)105-63-47-61-62(48-64(63)106-54-45-51(75(87)103-39-35-99-31-27-95-23-19-91-3)42-52(46-54)76(88)104-40-36-100-32-28-96-24-20-92-4)72-83-70-60-16-10-8-14-58(60)68(81-70)79-66-56-12-6-5-11-55(56)65(77-66)78-67-57-13-7-9-15-59(57)69(80-67)82-71(61)84-72;/h5-16,41-48H,17-40H2,1-4H3;/q-2;+2. The molecule has 0 radical (unpaired) electrons. The van der Waals surface area contributed by atoms with Crippen LogP contribution in [0.25, 0.3) is 89.7 Å². The molecule has 0 amide bonds. The molecular formula is C76H80N8O22Zn. The second-order valence-corrected chi connectivity index (χ2v) is 23.1. The molecule has 9 aromatic rings. The Morgan fingerprint density at radius 2 is 0.514 bits per heavy atom. The van der Waals surface area contributed by atoms with Crippen LogP contribution in [0.15, 0.2) is 121 Å². The van der Waals surface area contributed by atoms with Gasteiger partial charge < -0.3 is 115 Å². The molecule has 0 N–H and O–H groups in total. The summed E-state index contributed by atoms with van der Waals surface area (Å²) in [5.41, 5.74) is 3.06. The van der Waals surface area contributed by atoms with E-state index in [1.807, 2.05) is 72.8 Å². The molecule has 0 aliphatic carbocycles. The van der Waals surface area contributed by atoms with Crippen molar-refractivity contribution in [1.29, 1.82) is 0 Å². The molecule has 6 aromatic carbocycles. The fourth-order valence-corrected chi connectivity index (χ4v) is 10.7. The Morgan fingerprint density at radius 1 is 0.280 bits per heavy atom. The maximum Gasteiger partial charge on any atom is 2.00 e. The molecule has 0 unspecified atom stereocenters. The van der Waals surface area contributed by atoms with Crippen LogP contribution in [0.1, 0.15) is 41.4 Å². The normalized spacial score (nSPS) is 11.5. The molecule has 2 aliphatic rings. The minimum absolute atomic E-state index is 0. The number of aromatic nitrogens is 8. The SMILES string of the molecule is COCCOCCOCCOC(=O)c1cc(Oc2cc3c4nc5nc(nc6[n-]c(nc7nc(nc([n-]4)c3cc2Oc2cc(C(=O)OCCOCCOCCOC)cc(C(=O)OCCOCCOCCOC)c2)-c2ccccc2-7)c2ccccc62)-c2ccccc2-5)cc(C(=O)OCCOCCOCCOC)c1.[Zn+2]. The van der Waals surface area contributed by atoms with Gasteiger partial charge in [-0.05, 0) is 70.1 Å². The van der Waals surface area contributed by atoms with Crippen molar-refractivity contribution in [3.8, 4) is 68.5 Å². The summed E-state index contributed by atoms with van der Waals surface area (Å²) in [5, 5.41) is 2.12. The van der Waals surface area contributed by atoms with E-state index in [0.717, 1.165) is 10.8 Å². The van der Waals surface area contributed by atoms with Crippen LogP contribution in [0.2, 0.25) is 0 Å². The van der Waals surface area contributed by atoms with E-state index < -0.39 is 23.9 Å². The van der Waals surface area contributed by atoms with Crippen molar-refractivity contribution in [1.82, 2.24) is 39.9 Å². The first-order valence-electron chi connectivity index (χ1n) is 34.2. The fourth-order valence-electron chi connectivity index (χ4n) is 10.7. The minimum atomic E-state index is -0.848. The van der Waals surface area contributed by atoms with Crippen LogP contribution < -0.4 is 19.4 Å².